The van der Waals surface area contributed by atoms with E-state index in [1.165, 1.54) is 0 Å². The molecule has 2 rings (SSSR count). The Morgan fingerprint density at radius 1 is 1.16 bits per heavy atom. The largest absolute Gasteiger partial charge is 0.320 e. The molecule has 0 saturated carbocycles. The molecule has 0 unspecified atom stereocenters. The van der Waals surface area contributed by atoms with Gasteiger partial charge in [0, 0.05) is 16.4 Å². The third kappa shape index (κ3) is 3.29. The molecule has 1 N–H and O–H groups in total. The Labute approximate surface area is 116 Å². The highest BCUT2D eigenvalue weighted by atomic mass is 35.5. The summed E-state index contributed by atoms with van der Waals surface area (Å²) in [5, 5.41) is 3.39. The Bertz CT molecular complexity index is 620. The molecule has 0 atom stereocenters. The van der Waals surface area contributed by atoms with Crippen molar-refractivity contribution in [2.45, 2.75) is 20.8 Å². The second-order valence-electron chi connectivity index (χ2n) is 4.36. The fourth-order valence-corrected chi connectivity index (χ4v) is 1.92. The van der Waals surface area contributed by atoms with Gasteiger partial charge in [0.15, 0.2) is 0 Å². The van der Waals surface area contributed by atoms with Crippen LogP contribution in [0, 0.1) is 20.8 Å². The third-order valence-corrected chi connectivity index (χ3v) is 2.88. The van der Waals surface area contributed by atoms with Gasteiger partial charge in [0.05, 0.1) is 0 Å². The minimum atomic E-state index is -0.265. The van der Waals surface area contributed by atoms with Crippen LogP contribution < -0.4 is 5.32 Å². The van der Waals surface area contributed by atoms with Crippen molar-refractivity contribution in [1.82, 2.24) is 9.97 Å². The molecule has 0 spiro atoms. The first kappa shape index (κ1) is 13.5. The quantitative estimate of drug-likeness (QED) is 0.915. The Morgan fingerprint density at radius 2 is 1.89 bits per heavy atom. The van der Waals surface area contributed by atoms with E-state index in [9.17, 15) is 4.79 Å². The molecule has 0 aliphatic carbocycles. The molecule has 1 amide bonds. The Morgan fingerprint density at radius 3 is 2.58 bits per heavy atom. The third-order valence-electron chi connectivity index (χ3n) is 2.65. The molecule has 0 radical (unpaired) electrons. The molecule has 0 fully saturated rings. The van der Waals surface area contributed by atoms with Gasteiger partial charge >= 0.3 is 0 Å². The van der Waals surface area contributed by atoms with Crippen LogP contribution in [0.1, 0.15) is 27.6 Å². The van der Waals surface area contributed by atoms with Crippen molar-refractivity contribution in [3.05, 3.63) is 52.1 Å². The summed E-state index contributed by atoms with van der Waals surface area (Å²) in [6, 6.07) is 7.01. The van der Waals surface area contributed by atoms with Crippen molar-refractivity contribution in [2.24, 2.45) is 0 Å². The number of halogens is 1. The number of amides is 1. The normalized spacial score (nSPS) is 10.3. The van der Waals surface area contributed by atoms with Crippen molar-refractivity contribution < 1.29 is 4.79 Å². The molecule has 0 bridgehead atoms. The first-order chi connectivity index (χ1) is 8.95. The monoisotopic (exact) mass is 275 g/mol. The highest BCUT2D eigenvalue weighted by molar-refractivity contribution is 6.31. The number of aryl methyl sites for hydroxylation is 3. The Hall–Kier alpha value is -1.94. The van der Waals surface area contributed by atoms with E-state index in [0.717, 1.165) is 11.3 Å². The van der Waals surface area contributed by atoms with Crippen LogP contribution in [-0.4, -0.2) is 15.9 Å². The number of nitrogens with zero attached hydrogens (tertiary/aromatic N) is 2. The van der Waals surface area contributed by atoms with Gasteiger partial charge in [0.1, 0.15) is 11.5 Å². The number of carbonyl (C=O) groups is 1. The predicted octanol–water partition coefficient (Wildman–Crippen LogP) is 3.31. The topological polar surface area (TPSA) is 54.9 Å². The predicted molar refractivity (Wildman–Crippen MR) is 75.6 cm³/mol. The maximum atomic E-state index is 12.1. The number of carbonyl (C=O) groups excluding carboxylic acids is 1. The van der Waals surface area contributed by atoms with Crippen LogP contribution in [-0.2, 0) is 0 Å². The van der Waals surface area contributed by atoms with Gasteiger partial charge in [-0.2, -0.15) is 0 Å². The molecule has 4 nitrogen and oxygen atoms in total. The molecule has 0 saturated heterocycles. The van der Waals surface area contributed by atoms with Crippen LogP contribution >= 0.6 is 11.6 Å². The van der Waals surface area contributed by atoms with Gasteiger partial charge in [-0.1, -0.05) is 17.7 Å². The van der Waals surface area contributed by atoms with E-state index < -0.39 is 0 Å². The second kappa shape index (κ2) is 5.36. The Balaban J connectivity index is 2.28. The molecule has 1 aromatic heterocycles. The molecule has 1 aromatic carbocycles. The van der Waals surface area contributed by atoms with E-state index in [1.54, 1.807) is 25.1 Å². The number of aromatic nitrogens is 2. The number of benzene rings is 1. The first-order valence-corrected chi connectivity index (χ1v) is 6.23. The van der Waals surface area contributed by atoms with Gasteiger partial charge in [0.2, 0.25) is 0 Å². The lowest BCUT2D eigenvalue weighted by molar-refractivity contribution is 0.102. The SMILES string of the molecule is Cc1cc(C(=O)Nc2cc(Cl)ccc2C)nc(C)n1. The van der Waals surface area contributed by atoms with Crippen LogP contribution in [0.2, 0.25) is 5.02 Å². The highest BCUT2D eigenvalue weighted by Gasteiger charge is 2.11. The van der Waals surface area contributed by atoms with Crippen LogP contribution in [0.4, 0.5) is 5.69 Å². The standard InChI is InChI=1S/C14H14ClN3O/c1-8-4-5-11(15)7-12(8)18-14(19)13-6-9(2)16-10(3)17-13/h4-7H,1-3H3,(H,18,19). The minimum Gasteiger partial charge on any atom is -0.320 e. The fourth-order valence-electron chi connectivity index (χ4n) is 1.75. The van der Waals surface area contributed by atoms with Gasteiger partial charge in [0.25, 0.3) is 5.91 Å². The highest BCUT2D eigenvalue weighted by Crippen LogP contribution is 2.20. The van der Waals surface area contributed by atoms with E-state index in [4.69, 9.17) is 11.6 Å². The number of anilines is 1. The fraction of sp³-hybridized carbons (Fsp3) is 0.214. The summed E-state index contributed by atoms with van der Waals surface area (Å²) in [5.41, 5.74) is 2.75. The summed E-state index contributed by atoms with van der Waals surface area (Å²) >= 11 is 5.92. The molecular formula is C14H14ClN3O. The van der Waals surface area contributed by atoms with Gasteiger partial charge in [-0.25, -0.2) is 9.97 Å². The van der Waals surface area contributed by atoms with Gasteiger partial charge < -0.3 is 5.32 Å². The summed E-state index contributed by atoms with van der Waals surface area (Å²) in [7, 11) is 0. The molecule has 1 heterocycles. The minimum absolute atomic E-state index is 0.265. The maximum absolute atomic E-state index is 12.1. The van der Waals surface area contributed by atoms with Gasteiger partial charge in [-0.15, -0.1) is 0 Å². The average molecular weight is 276 g/mol. The molecule has 5 heteroatoms. The van der Waals surface area contributed by atoms with E-state index in [0.29, 0.717) is 22.2 Å². The lowest BCUT2D eigenvalue weighted by Gasteiger charge is -2.09. The zero-order valence-corrected chi connectivity index (χ0v) is 11.7. The van der Waals surface area contributed by atoms with E-state index in [1.807, 2.05) is 19.9 Å². The van der Waals surface area contributed by atoms with Crippen LogP contribution in [0.5, 0.6) is 0 Å². The summed E-state index contributed by atoms with van der Waals surface area (Å²) < 4.78 is 0. The zero-order valence-electron chi connectivity index (χ0n) is 11.0. The van der Waals surface area contributed by atoms with Crippen molar-refractivity contribution in [2.75, 3.05) is 5.32 Å². The summed E-state index contributed by atoms with van der Waals surface area (Å²) in [6.07, 6.45) is 0. The number of nitrogens with one attached hydrogen (secondary N) is 1. The molecule has 0 aliphatic heterocycles. The first-order valence-electron chi connectivity index (χ1n) is 5.85. The molecular weight excluding hydrogens is 262 g/mol. The van der Waals surface area contributed by atoms with Crippen LogP contribution in [0.25, 0.3) is 0 Å². The van der Waals surface area contributed by atoms with Crippen molar-refractivity contribution >= 4 is 23.2 Å². The van der Waals surface area contributed by atoms with Crippen molar-refractivity contribution in [3.63, 3.8) is 0 Å². The van der Waals surface area contributed by atoms with Crippen molar-refractivity contribution in [1.29, 1.82) is 0 Å². The van der Waals surface area contributed by atoms with Crippen molar-refractivity contribution in [3.8, 4) is 0 Å². The molecule has 0 aliphatic rings. The summed E-state index contributed by atoms with van der Waals surface area (Å²) in [5.74, 6) is 0.312. The van der Waals surface area contributed by atoms with E-state index in [-0.39, 0.29) is 5.91 Å². The summed E-state index contributed by atoms with van der Waals surface area (Å²) in [6.45, 7) is 5.49. The van der Waals surface area contributed by atoms with Gasteiger partial charge in [-0.05, 0) is 44.5 Å². The molecule has 98 valence electrons. The second-order valence-corrected chi connectivity index (χ2v) is 4.79. The number of rotatable bonds is 2. The van der Waals surface area contributed by atoms with E-state index >= 15 is 0 Å². The van der Waals surface area contributed by atoms with Gasteiger partial charge in [-0.3, -0.25) is 4.79 Å². The number of hydrogen-bond acceptors (Lipinski definition) is 3. The maximum Gasteiger partial charge on any atom is 0.274 e. The van der Waals surface area contributed by atoms with E-state index in [2.05, 4.69) is 15.3 Å². The molecule has 2 aromatic rings. The summed E-state index contributed by atoms with van der Waals surface area (Å²) in [4.78, 5) is 20.4. The Kier molecular flexibility index (Phi) is 3.81. The lowest BCUT2D eigenvalue weighted by Crippen LogP contribution is -2.15. The van der Waals surface area contributed by atoms with Crippen LogP contribution in [0.3, 0.4) is 0 Å². The lowest BCUT2D eigenvalue weighted by atomic mass is 10.2. The number of hydrogen-bond donors (Lipinski definition) is 1. The average Bonchev–Trinajstić information content (AvgIpc) is 2.32. The smallest absolute Gasteiger partial charge is 0.274 e. The molecule has 19 heavy (non-hydrogen) atoms. The zero-order chi connectivity index (χ0) is 14.0. The van der Waals surface area contributed by atoms with Crippen LogP contribution in [0.15, 0.2) is 24.3 Å².